The molecule has 18 heavy (non-hydrogen) atoms. The largest absolute Gasteiger partial charge is 0.464 e. The number of nitrogens with two attached hydrogens (primary N) is 1. The topological polar surface area (TPSA) is 65.5 Å². The van der Waals surface area contributed by atoms with E-state index in [1.54, 1.807) is 13.2 Å². The number of rotatable bonds is 4. The van der Waals surface area contributed by atoms with Crippen molar-refractivity contribution in [2.24, 2.45) is 0 Å². The van der Waals surface area contributed by atoms with Crippen LogP contribution in [-0.4, -0.2) is 12.6 Å². The Hall–Kier alpha value is -1.75. The van der Waals surface area contributed by atoms with Crippen LogP contribution in [0.2, 0.25) is 0 Å². The fourth-order valence-corrected chi connectivity index (χ4v) is 2.96. The molecule has 0 spiro atoms. The van der Waals surface area contributed by atoms with E-state index in [1.807, 2.05) is 19.1 Å². The lowest BCUT2D eigenvalue weighted by Gasteiger charge is -2.00. The Bertz CT molecular complexity index is 543. The number of hydrogen-bond donors (Lipinski definition) is 1. The zero-order valence-corrected chi connectivity index (χ0v) is 11.2. The Morgan fingerprint density at radius 2 is 2.28 bits per heavy atom. The quantitative estimate of drug-likeness (QED) is 0.861. The third-order valence-electron chi connectivity index (χ3n) is 2.61. The maximum Gasteiger partial charge on any atom is 0.350 e. The first kappa shape index (κ1) is 12.7. The summed E-state index contributed by atoms with van der Waals surface area (Å²) in [5, 5.41) is 0. The predicted octanol–water partition coefficient (Wildman–Crippen LogP) is 3.33. The average molecular weight is 265 g/mol. The molecule has 2 N–H and O–H groups in total. The van der Waals surface area contributed by atoms with Gasteiger partial charge in [0.15, 0.2) is 0 Å². The summed E-state index contributed by atoms with van der Waals surface area (Å²) in [5.41, 5.74) is 7.47. The van der Waals surface area contributed by atoms with Gasteiger partial charge in [-0.1, -0.05) is 6.92 Å². The van der Waals surface area contributed by atoms with Crippen LogP contribution in [0, 0.1) is 0 Å². The number of anilines is 1. The van der Waals surface area contributed by atoms with Crippen LogP contribution >= 0.6 is 11.3 Å². The molecule has 0 bridgehead atoms. The van der Waals surface area contributed by atoms with Gasteiger partial charge >= 0.3 is 5.97 Å². The van der Waals surface area contributed by atoms with E-state index in [4.69, 9.17) is 14.9 Å². The van der Waals surface area contributed by atoms with Crippen LogP contribution in [0.5, 0.6) is 0 Å². The van der Waals surface area contributed by atoms with Gasteiger partial charge in [-0.3, -0.25) is 0 Å². The molecule has 0 aliphatic rings. The van der Waals surface area contributed by atoms with Crippen molar-refractivity contribution >= 4 is 23.0 Å². The summed E-state index contributed by atoms with van der Waals surface area (Å²) < 4.78 is 10.4. The molecule has 2 aromatic rings. The summed E-state index contributed by atoms with van der Waals surface area (Å²) in [4.78, 5) is 13.2. The van der Waals surface area contributed by atoms with Crippen molar-refractivity contribution in [2.75, 3.05) is 12.3 Å². The van der Waals surface area contributed by atoms with E-state index < -0.39 is 0 Å². The molecular formula is C13H15NO3S. The lowest BCUT2D eigenvalue weighted by atomic mass is 10.1. The smallest absolute Gasteiger partial charge is 0.350 e. The number of nitrogen functional groups attached to an aromatic ring is 1. The van der Waals surface area contributed by atoms with Gasteiger partial charge in [0.2, 0.25) is 0 Å². The monoisotopic (exact) mass is 265 g/mol. The van der Waals surface area contributed by atoms with Gasteiger partial charge in [0.25, 0.3) is 0 Å². The Kier molecular flexibility index (Phi) is 3.72. The maximum atomic E-state index is 11.8. The van der Waals surface area contributed by atoms with E-state index in [-0.39, 0.29) is 5.97 Å². The van der Waals surface area contributed by atoms with Crippen molar-refractivity contribution in [1.82, 2.24) is 0 Å². The highest BCUT2D eigenvalue weighted by Crippen LogP contribution is 2.39. The maximum absolute atomic E-state index is 11.8. The number of thiophene rings is 1. The fourth-order valence-electron chi connectivity index (χ4n) is 1.78. The third kappa shape index (κ3) is 2.13. The average Bonchev–Trinajstić information content (AvgIpc) is 2.96. The molecule has 2 rings (SSSR count). The van der Waals surface area contributed by atoms with E-state index in [0.29, 0.717) is 17.2 Å². The molecule has 0 radical (unpaired) electrons. The first-order valence-electron chi connectivity index (χ1n) is 5.81. The van der Waals surface area contributed by atoms with Crippen LogP contribution in [0.15, 0.2) is 22.8 Å². The van der Waals surface area contributed by atoms with Crippen LogP contribution in [0.25, 0.3) is 10.6 Å². The van der Waals surface area contributed by atoms with Crippen molar-refractivity contribution in [2.45, 2.75) is 20.3 Å². The number of esters is 1. The Labute approximate surface area is 109 Å². The van der Waals surface area contributed by atoms with E-state index in [1.165, 1.54) is 11.3 Å². The molecule has 0 atom stereocenters. The highest BCUT2D eigenvalue weighted by atomic mass is 32.1. The number of carbonyl (C=O) groups is 1. The molecule has 4 nitrogen and oxygen atoms in total. The summed E-state index contributed by atoms with van der Waals surface area (Å²) in [6.07, 6.45) is 2.35. The van der Waals surface area contributed by atoms with Crippen molar-refractivity contribution in [3.8, 4) is 10.6 Å². The third-order valence-corrected chi connectivity index (χ3v) is 3.85. The second-order valence-electron chi connectivity index (χ2n) is 3.70. The molecule has 0 unspecified atom stereocenters. The minimum Gasteiger partial charge on any atom is -0.464 e. The molecule has 96 valence electrons. The molecule has 2 aromatic heterocycles. The van der Waals surface area contributed by atoms with Gasteiger partial charge in [-0.2, -0.15) is 0 Å². The SMILES string of the molecule is CCOC(=O)c1sc(-c2ccco2)c(CC)c1N. The van der Waals surface area contributed by atoms with Crippen molar-refractivity contribution in [1.29, 1.82) is 0 Å². The molecule has 0 saturated carbocycles. The lowest BCUT2D eigenvalue weighted by Crippen LogP contribution is -2.05. The minimum atomic E-state index is -0.368. The standard InChI is InChI=1S/C13H15NO3S/c1-3-8-10(14)12(13(15)16-4-2)18-11(8)9-6-5-7-17-9/h5-7H,3-4,14H2,1-2H3. The number of furan rings is 1. The van der Waals surface area contributed by atoms with Gasteiger partial charge in [-0.05, 0) is 31.0 Å². The molecule has 0 amide bonds. The van der Waals surface area contributed by atoms with E-state index in [0.717, 1.165) is 22.6 Å². The van der Waals surface area contributed by atoms with Gasteiger partial charge in [-0.15, -0.1) is 11.3 Å². The molecule has 0 saturated heterocycles. The molecule has 0 aromatic carbocycles. The highest BCUT2D eigenvalue weighted by molar-refractivity contribution is 7.18. The van der Waals surface area contributed by atoms with Crippen molar-refractivity contribution in [3.63, 3.8) is 0 Å². The Morgan fingerprint density at radius 3 is 2.83 bits per heavy atom. The second kappa shape index (κ2) is 5.27. The van der Waals surface area contributed by atoms with Crippen LogP contribution < -0.4 is 5.73 Å². The Balaban J connectivity index is 2.49. The minimum absolute atomic E-state index is 0.341. The van der Waals surface area contributed by atoms with Crippen LogP contribution in [0.4, 0.5) is 5.69 Å². The molecule has 5 heteroatoms. The van der Waals surface area contributed by atoms with E-state index >= 15 is 0 Å². The van der Waals surface area contributed by atoms with Gasteiger partial charge < -0.3 is 14.9 Å². The van der Waals surface area contributed by atoms with Gasteiger partial charge in [0.1, 0.15) is 10.6 Å². The molecule has 0 fully saturated rings. The highest BCUT2D eigenvalue weighted by Gasteiger charge is 2.22. The number of ether oxygens (including phenoxy) is 1. The zero-order chi connectivity index (χ0) is 13.1. The summed E-state index contributed by atoms with van der Waals surface area (Å²) in [7, 11) is 0. The summed E-state index contributed by atoms with van der Waals surface area (Å²) in [5.74, 6) is 0.367. The second-order valence-corrected chi connectivity index (χ2v) is 4.72. The normalized spacial score (nSPS) is 10.6. The van der Waals surface area contributed by atoms with Crippen LogP contribution in [0.3, 0.4) is 0 Å². The van der Waals surface area contributed by atoms with Crippen LogP contribution in [0.1, 0.15) is 29.1 Å². The number of carbonyl (C=O) groups excluding carboxylic acids is 1. The van der Waals surface area contributed by atoms with E-state index in [2.05, 4.69) is 0 Å². The summed E-state index contributed by atoms with van der Waals surface area (Å²) >= 11 is 1.32. The zero-order valence-electron chi connectivity index (χ0n) is 10.4. The summed E-state index contributed by atoms with van der Waals surface area (Å²) in [6.45, 7) is 4.11. The van der Waals surface area contributed by atoms with Gasteiger partial charge in [0, 0.05) is 0 Å². The fraction of sp³-hybridized carbons (Fsp3) is 0.308. The van der Waals surface area contributed by atoms with Crippen molar-refractivity contribution < 1.29 is 13.9 Å². The first-order chi connectivity index (χ1) is 8.69. The van der Waals surface area contributed by atoms with Crippen LogP contribution in [-0.2, 0) is 11.2 Å². The van der Waals surface area contributed by atoms with Crippen molar-refractivity contribution in [3.05, 3.63) is 28.8 Å². The molecule has 0 aliphatic carbocycles. The Morgan fingerprint density at radius 1 is 1.50 bits per heavy atom. The molecule has 2 heterocycles. The number of hydrogen-bond acceptors (Lipinski definition) is 5. The predicted molar refractivity (Wildman–Crippen MR) is 71.8 cm³/mol. The van der Waals surface area contributed by atoms with E-state index in [9.17, 15) is 4.79 Å². The first-order valence-corrected chi connectivity index (χ1v) is 6.62. The van der Waals surface area contributed by atoms with Gasteiger partial charge in [0.05, 0.1) is 23.4 Å². The van der Waals surface area contributed by atoms with Gasteiger partial charge in [-0.25, -0.2) is 4.79 Å². The molecular weight excluding hydrogens is 250 g/mol. The molecule has 0 aliphatic heterocycles. The lowest BCUT2D eigenvalue weighted by molar-refractivity contribution is 0.0533. The summed E-state index contributed by atoms with van der Waals surface area (Å²) in [6, 6.07) is 3.67.